The average molecular weight is 454 g/mol. The van der Waals surface area contributed by atoms with Crippen LogP contribution in [0.1, 0.15) is 23.7 Å². The number of aliphatic carboxylic acids is 1. The number of likely N-dealkylation sites (tertiary alicyclic amines) is 1. The summed E-state index contributed by atoms with van der Waals surface area (Å²) in [6.45, 7) is 2.15. The monoisotopic (exact) mass is 453 g/mol. The molecule has 1 aliphatic heterocycles. The molecule has 1 saturated heterocycles. The second-order valence-corrected chi connectivity index (χ2v) is 9.37. The molecule has 30 heavy (non-hydrogen) atoms. The van der Waals surface area contributed by atoms with Crippen LogP contribution in [-0.4, -0.2) is 80.1 Å². The zero-order chi connectivity index (χ0) is 20.8. The summed E-state index contributed by atoms with van der Waals surface area (Å²) >= 11 is 2.70. The Kier molecular flexibility index (Phi) is 9.97. The van der Waals surface area contributed by atoms with Crippen molar-refractivity contribution in [1.29, 1.82) is 0 Å². The van der Waals surface area contributed by atoms with Crippen LogP contribution in [0.25, 0.3) is 0 Å². The van der Waals surface area contributed by atoms with Gasteiger partial charge in [-0.1, -0.05) is 67.2 Å². The molecule has 1 amide bonds. The molecule has 0 radical (unpaired) electrons. The van der Waals surface area contributed by atoms with Crippen LogP contribution in [0, 0.1) is 5.92 Å². The van der Waals surface area contributed by atoms with E-state index < -0.39 is 17.9 Å². The molecule has 2 aromatic carbocycles. The maximum absolute atomic E-state index is 12.9. The van der Waals surface area contributed by atoms with Gasteiger partial charge in [0.25, 0.3) is 0 Å². The number of thioether (sulfide) groups is 2. The molecule has 0 aliphatic carbocycles. The van der Waals surface area contributed by atoms with E-state index in [1.807, 2.05) is 36.4 Å². The van der Waals surface area contributed by atoms with Crippen LogP contribution in [0.3, 0.4) is 0 Å². The van der Waals surface area contributed by atoms with Crippen molar-refractivity contribution in [3.63, 3.8) is 0 Å². The fourth-order valence-electron chi connectivity index (χ4n) is 3.26. The van der Waals surface area contributed by atoms with E-state index in [1.54, 1.807) is 43.0 Å². The molecule has 3 atom stereocenters. The minimum absolute atomic E-state index is 0. The van der Waals surface area contributed by atoms with Crippen molar-refractivity contribution in [2.45, 2.75) is 29.5 Å². The van der Waals surface area contributed by atoms with Gasteiger partial charge in [-0.15, -0.1) is 11.8 Å². The molecule has 1 fully saturated rings. The first-order valence-electron chi connectivity index (χ1n) is 9.43. The van der Waals surface area contributed by atoms with Gasteiger partial charge in [0.15, 0.2) is 0 Å². The third-order valence-corrected chi connectivity index (χ3v) is 7.16. The van der Waals surface area contributed by atoms with E-state index in [0.717, 1.165) is 16.7 Å². The van der Waals surface area contributed by atoms with Crippen LogP contribution in [0.15, 0.2) is 65.6 Å². The number of hydrogen-bond acceptors (Lipinski definition) is 5. The van der Waals surface area contributed by atoms with Crippen molar-refractivity contribution in [2.24, 2.45) is 5.92 Å². The van der Waals surface area contributed by atoms with Crippen LogP contribution in [0.5, 0.6) is 0 Å². The number of amides is 1. The van der Waals surface area contributed by atoms with Gasteiger partial charge in [0.2, 0.25) is 11.0 Å². The van der Waals surface area contributed by atoms with Crippen LogP contribution in [0.4, 0.5) is 0 Å². The Morgan fingerprint density at radius 1 is 1.07 bits per heavy atom. The standard InChI is InChI=1S/C22H23NO4S2.Na.H/c1-15(14-28-22(27)16-8-4-2-5-9-16)20(24)23-13-18(12-19(23)21(25)26)29-17-10-6-3-7-11-17;;/h2-11,15,18-19H,12-14H2,1H3,(H,25,26);;/t15?,18-,19-;;/m0../s1. The third kappa shape index (κ3) is 6.62. The van der Waals surface area contributed by atoms with Gasteiger partial charge >= 0.3 is 35.5 Å². The summed E-state index contributed by atoms with van der Waals surface area (Å²) in [5.41, 5.74) is 0.598. The van der Waals surface area contributed by atoms with Gasteiger partial charge in [0.1, 0.15) is 6.04 Å². The van der Waals surface area contributed by atoms with Crippen molar-refractivity contribution >= 4 is 70.1 Å². The second kappa shape index (κ2) is 12.0. The molecule has 154 valence electrons. The minimum atomic E-state index is -0.977. The molecule has 1 aliphatic rings. The number of rotatable bonds is 7. The van der Waals surface area contributed by atoms with Crippen molar-refractivity contribution < 1.29 is 19.5 Å². The van der Waals surface area contributed by atoms with E-state index in [0.29, 0.717) is 24.3 Å². The van der Waals surface area contributed by atoms with E-state index in [9.17, 15) is 19.5 Å². The fraction of sp³-hybridized carbons (Fsp3) is 0.318. The molecule has 1 N–H and O–H groups in total. The molecule has 0 aromatic heterocycles. The number of carboxylic acids is 1. The third-order valence-electron chi connectivity index (χ3n) is 4.77. The Bertz CT molecular complexity index is 866. The number of nitrogens with zero attached hydrogens (tertiary/aromatic N) is 1. The maximum atomic E-state index is 12.9. The molecule has 0 spiro atoms. The number of hydrogen-bond donors (Lipinski definition) is 1. The average Bonchev–Trinajstić information content (AvgIpc) is 3.16. The molecule has 0 bridgehead atoms. The molecular formula is C22H24NNaO4S2. The molecular weight excluding hydrogens is 429 g/mol. The van der Waals surface area contributed by atoms with Crippen LogP contribution in [-0.2, 0) is 9.59 Å². The van der Waals surface area contributed by atoms with E-state index in [-0.39, 0.29) is 45.8 Å². The topological polar surface area (TPSA) is 74.7 Å². The molecule has 2 aromatic rings. The number of carboxylic acid groups (broad SMARTS) is 1. The number of benzene rings is 2. The van der Waals surface area contributed by atoms with Crippen molar-refractivity contribution in [2.75, 3.05) is 12.3 Å². The molecule has 1 heterocycles. The van der Waals surface area contributed by atoms with E-state index in [4.69, 9.17) is 0 Å². The predicted molar refractivity (Wildman–Crippen MR) is 123 cm³/mol. The zero-order valence-electron chi connectivity index (χ0n) is 16.1. The number of carbonyl (C=O) groups is 3. The molecule has 8 heteroatoms. The normalized spacial score (nSPS) is 19.0. The Morgan fingerprint density at radius 3 is 2.27 bits per heavy atom. The van der Waals surface area contributed by atoms with E-state index >= 15 is 0 Å². The zero-order valence-corrected chi connectivity index (χ0v) is 17.7. The first-order valence-corrected chi connectivity index (χ1v) is 11.3. The van der Waals surface area contributed by atoms with Crippen molar-refractivity contribution in [3.05, 3.63) is 66.2 Å². The van der Waals surface area contributed by atoms with Crippen molar-refractivity contribution in [3.8, 4) is 0 Å². The molecule has 0 saturated carbocycles. The Hall–Kier alpha value is -1.25. The first kappa shape index (κ1) is 25.0. The second-order valence-electron chi connectivity index (χ2n) is 7.00. The summed E-state index contributed by atoms with van der Waals surface area (Å²) in [4.78, 5) is 39.5. The van der Waals surface area contributed by atoms with Gasteiger partial charge in [0, 0.05) is 33.9 Å². The van der Waals surface area contributed by atoms with Gasteiger partial charge in [-0.25, -0.2) is 4.79 Å². The van der Waals surface area contributed by atoms with Gasteiger partial charge in [-0.3, -0.25) is 9.59 Å². The predicted octanol–water partition coefficient (Wildman–Crippen LogP) is 3.39. The van der Waals surface area contributed by atoms with Crippen LogP contribution < -0.4 is 0 Å². The Balaban J connectivity index is 0.00000320. The molecule has 1 unspecified atom stereocenters. The van der Waals surface area contributed by atoms with E-state index in [2.05, 4.69) is 0 Å². The fourth-order valence-corrected chi connectivity index (χ4v) is 5.32. The van der Waals surface area contributed by atoms with Crippen molar-refractivity contribution in [1.82, 2.24) is 4.90 Å². The summed E-state index contributed by atoms with van der Waals surface area (Å²) in [6, 6.07) is 17.9. The van der Waals surface area contributed by atoms with Gasteiger partial charge < -0.3 is 10.0 Å². The number of carbonyl (C=O) groups excluding carboxylic acids is 2. The summed E-state index contributed by atoms with van der Waals surface area (Å²) < 4.78 is 0. The molecule has 3 rings (SSSR count). The van der Waals surface area contributed by atoms with Crippen LogP contribution >= 0.6 is 23.5 Å². The Labute approximate surface area is 207 Å². The summed E-state index contributed by atoms with van der Waals surface area (Å²) in [5.74, 6) is -1.29. The van der Waals surface area contributed by atoms with Gasteiger partial charge in [-0.05, 0) is 18.6 Å². The molecule has 5 nitrogen and oxygen atoms in total. The van der Waals surface area contributed by atoms with E-state index in [1.165, 1.54) is 4.90 Å². The Morgan fingerprint density at radius 2 is 1.67 bits per heavy atom. The van der Waals surface area contributed by atoms with Gasteiger partial charge in [0.05, 0.1) is 0 Å². The summed E-state index contributed by atoms with van der Waals surface area (Å²) in [6.07, 6.45) is 0.420. The SMILES string of the molecule is CC(CSC(=O)c1ccccc1)C(=O)N1C[C@@H](Sc2ccccc2)C[C@H]1C(=O)O.[NaH]. The quantitative estimate of drug-likeness (QED) is 0.648. The summed E-state index contributed by atoms with van der Waals surface area (Å²) in [5, 5.41) is 9.55. The summed E-state index contributed by atoms with van der Waals surface area (Å²) in [7, 11) is 0. The first-order chi connectivity index (χ1) is 14.0. The van der Waals surface area contributed by atoms with Gasteiger partial charge in [-0.2, -0.15) is 0 Å². The van der Waals surface area contributed by atoms with Crippen LogP contribution in [0.2, 0.25) is 0 Å².